The summed E-state index contributed by atoms with van der Waals surface area (Å²) in [5.41, 5.74) is 0.646. The number of nitrogens with one attached hydrogen (secondary N) is 1. The summed E-state index contributed by atoms with van der Waals surface area (Å²) in [6.45, 7) is 6.01. The fraction of sp³-hybridized carbons (Fsp3) is 0.400. The number of nitriles is 1. The zero-order valence-electron chi connectivity index (χ0n) is 23.5. The van der Waals surface area contributed by atoms with Crippen LogP contribution in [0.1, 0.15) is 61.4 Å². The van der Waals surface area contributed by atoms with Gasteiger partial charge in [-0.25, -0.2) is 19.3 Å². The number of aromatic amines is 1. The van der Waals surface area contributed by atoms with Crippen LogP contribution in [0.3, 0.4) is 0 Å². The second kappa shape index (κ2) is 11.5. The lowest BCUT2D eigenvalue weighted by Crippen LogP contribution is -2.38. The van der Waals surface area contributed by atoms with Gasteiger partial charge in [-0.05, 0) is 80.2 Å². The van der Waals surface area contributed by atoms with E-state index in [0.717, 1.165) is 50.0 Å². The third-order valence-corrected chi connectivity index (χ3v) is 8.22. The van der Waals surface area contributed by atoms with Crippen LogP contribution in [0, 0.1) is 17.2 Å². The van der Waals surface area contributed by atoms with Crippen molar-refractivity contribution in [1.82, 2.24) is 19.7 Å². The number of aromatic nitrogens is 3. The van der Waals surface area contributed by atoms with E-state index in [1.54, 1.807) is 25.1 Å². The third-order valence-electron chi connectivity index (χ3n) is 8.22. The molecule has 1 N–H and O–H groups in total. The Morgan fingerprint density at radius 2 is 1.93 bits per heavy atom. The molecule has 3 aromatic rings. The van der Waals surface area contributed by atoms with Gasteiger partial charge < -0.3 is 4.74 Å². The quantitative estimate of drug-likeness (QED) is 0.396. The third kappa shape index (κ3) is 5.32. The van der Waals surface area contributed by atoms with E-state index in [0.29, 0.717) is 23.6 Å². The second-order valence-corrected chi connectivity index (χ2v) is 10.6. The molecule has 2 aromatic carbocycles. The Labute approximate surface area is 240 Å². The van der Waals surface area contributed by atoms with Gasteiger partial charge in [-0.15, -0.1) is 5.10 Å². The number of hydrogen-bond acceptors (Lipinski definition) is 7. The van der Waals surface area contributed by atoms with Crippen molar-refractivity contribution in [2.75, 3.05) is 25.1 Å². The number of alkyl halides is 3. The van der Waals surface area contributed by atoms with Crippen molar-refractivity contribution in [2.24, 2.45) is 5.92 Å². The molecule has 220 valence electrons. The molecule has 0 aliphatic carbocycles. The first-order valence-electron chi connectivity index (χ1n) is 13.8. The number of hydrogen-bond donors (Lipinski definition) is 1. The summed E-state index contributed by atoms with van der Waals surface area (Å²) in [5, 5.41) is 16.2. The van der Waals surface area contributed by atoms with E-state index in [1.165, 1.54) is 28.7 Å². The lowest BCUT2D eigenvalue weighted by atomic mass is 9.89. The molecule has 5 rings (SSSR count). The van der Waals surface area contributed by atoms with Gasteiger partial charge in [-0.2, -0.15) is 18.4 Å². The van der Waals surface area contributed by atoms with Gasteiger partial charge in [-0.1, -0.05) is 25.5 Å². The van der Waals surface area contributed by atoms with Crippen LogP contribution in [0.4, 0.5) is 24.8 Å². The molecule has 0 radical (unpaired) electrons. The number of likely N-dealkylation sites (tertiary alicyclic amines) is 1. The van der Waals surface area contributed by atoms with Crippen molar-refractivity contribution in [3.63, 3.8) is 0 Å². The number of nitrogens with zero attached hydrogens (tertiary/aromatic N) is 5. The maximum Gasteiger partial charge on any atom is 0.416 e. The van der Waals surface area contributed by atoms with E-state index in [1.807, 2.05) is 0 Å². The zero-order valence-corrected chi connectivity index (χ0v) is 23.5. The Bertz CT molecular complexity index is 1630. The van der Waals surface area contributed by atoms with Crippen molar-refractivity contribution in [3.05, 3.63) is 86.5 Å². The molecule has 1 saturated heterocycles. The van der Waals surface area contributed by atoms with Gasteiger partial charge in [-0.3, -0.25) is 9.80 Å². The number of anilines is 2. The molecular weight excluding hydrogens is 549 g/mol. The fourth-order valence-corrected chi connectivity index (χ4v) is 5.95. The first kappa shape index (κ1) is 29.1. The van der Waals surface area contributed by atoms with Crippen LogP contribution < -0.4 is 10.6 Å². The largest absolute Gasteiger partial charge is 0.466 e. The standard InChI is InChI=1S/C30H31F3N6O3/c1-4-19-10-12-37(13-11-19)17-21-14-20(16-34)8-9-24(21)26-25(27(40)42-3)18(2)38(28-35-36-29(41)39(26)28)23-7-5-6-22(15-23)30(31,32)33/h5-9,14-15,19,26H,4,10-13,17H2,1-3H3,(H,36,41)/t26-/m1/s1. The number of H-pyrrole nitrogens is 1. The smallest absolute Gasteiger partial charge is 0.416 e. The summed E-state index contributed by atoms with van der Waals surface area (Å²) in [6, 6.07) is 10.9. The van der Waals surface area contributed by atoms with Crippen LogP contribution >= 0.6 is 0 Å². The van der Waals surface area contributed by atoms with Gasteiger partial charge in [0, 0.05) is 17.9 Å². The summed E-state index contributed by atoms with van der Waals surface area (Å²) in [5.74, 6) is -0.0595. The molecular formula is C30H31F3N6O3. The minimum atomic E-state index is -4.61. The Hall–Kier alpha value is -4.37. The number of carbonyl (C=O) groups excluding carboxylic acids is 1. The predicted molar refractivity (Wildman–Crippen MR) is 149 cm³/mol. The number of methoxy groups -OCH3 is 1. The molecule has 1 fully saturated rings. The highest BCUT2D eigenvalue weighted by Crippen LogP contribution is 2.43. The van der Waals surface area contributed by atoms with E-state index in [4.69, 9.17) is 4.74 Å². The minimum Gasteiger partial charge on any atom is -0.466 e. The van der Waals surface area contributed by atoms with Gasteiger partial charge >= 0.3 is 17.8 Å². The molecule has 1 atom stereocenters. The summed E-state index contributed by atoms with van der Waals surface area (Å²) in [6.07, 6.45) is -1.38. The SMILES string of the molecule is CCC1CCN(Cc2cc(C#N)ccc2[C@@H]2C(C(=O)OC)=C(C)N(c3cccc(C(F)(F)F)c3)c3n[nH]c(=O)n32)CC1. The molecule has 42 heavy (non-hydrogen) atoms. The lowest BCUT2D eigenvalue weighted by molar-refractivity contribution is -0.138. The maximum absolute atomic E-state index is 13.6. The highest BCUT2D eigenvalue weighted by atomic mass is 19.4. The molecule has 9 nitrogen and oxygen atoms in total. The number of rotatable bonds is 6. The van der Waals surface area contributed by atoms with Crippen molar-refractivity contribution >= 4 is 17.6 Å². The molecule has 0 unspecified atom stereocenters. The van der Waals surface area contributed by atoms with Crippen LogP contribution in [-0.2, 0) is 22.3 Å². The Balaban J connectivity index is 1.68. The van der Waals surface area contributed by atoms with Gasteiger partial charge in [0.05, 0.1) is 29.9 Å². The van der Waals surface area contributed by atoms with Crippen LogP contribution in [0.5, 0.6) is 0 Å². The van der Waals surface area contributed by atoms with Crippen LogP contribution in [0.2, 0.25) is 0 Å². The van der Waals surface area contributed by atoms with Gasteiger partial charge in [0.1, 0.15) is 6.04 Å². The molecule has 0 saturated carbocycles. The van der Waals surface area contributed by atoms with Crippen molar-refractivity contribution in [1.29, 1.82) is 5.26 Å². The molecule has 3 heterocycles. The molecule has 0 bridgehead atoms. The average Bonchev–Trinajstić information content (AvgIpc) is 3.36. The number of ether oxygens (including phenoxy) is 1. The van der Waals surface area contributed by atoms with E-state index < -0.39 is 29.4 Å². The van der Waals surface area contributed by atoms with Crippen molar-refractivity contribution in [2.45, 2.75) is 51.9 Å². The molecule has 12 heteroatoms. The molecule has 0 amide bonds. The van der Waals surface area contributed by atoms with Crippen LogP contribution in [0.25, 0.3) is 0 Å². The van der Waals surface area contributed by atoms with Gasteiger partial charge in [0.15, 0.2) is 0 Å². The second-order valence-electron chi connectivity index (χ2n) is 10.6. The van der Waals surface area contributed by atoms with Gasteiger partial charge in [0.25, 0.3) is 0 Å². The van der Waals surface area contributed by atoms with Gasteiger partial charge in [0.2, 0.25) is 5.95 Å². The Kier molecular flexibility index (Phi) is 7.97. The van der Waals surface area contributed by atoms with E-state index >= 15 is 0 Å². The maximum atomic E-state index is 13.6. The number of carbonyl (C=O) groups is 1. The number of allylic oxidation sites excluding steroid dienone is 1. The number of piperidine rings is 1. The summed E-state index contributed by atoms with van der Waals surface area (Å²) in [4.78, 5) is 30.3. The Morgan fingerprint density at radius 3 is 2.57 bits per heavy atom. The minimum absolute atomic E-state index is 0.0218. The van der Waals surface area contributed by atoms with E-state index in [9.17, 15) is 28.0 Å². The monoisotopic (exact) mass is 580 g/mol. The topological polar surface area (TPSA) is 107 Å². The average molecular weight is 581 g/mol. The number of halogens is 3. The van der Waals surface area contributed by atoms with E-state index in [-0.39, 0.29) is 22.9 Å². The first-order chi connectivity index (χ1) is 20.1. The molecule has 2 aliphatic heterocycles. The van der Waals surface area contributed by atoms with Crippen LogP contribution in [-0.4, -0.2) is 45.8 Å². The first-order valence-corrected chi connectivity index (χ1v) is 13.8. The fourth-order valence-electron chi connectivity index (χ4n) is 5.95. The number of esters is 1. The summed E-state index contributed by atoms with van der Waals surface area (Å²) < 4.78 is 47.2. The molecule has 0 spiro atoms. The molecule has 2 aliphatic rings. The Morgan fingerprint density at radius 1 is 1.19 bits per heavy atom. The highest BCUT2D eigenvalue weighted by molar-refractivity contribution is 5.93. The summed E-state index contributed by atoms with van der Waals surface area (Å²) >= 11 is 0. The number of benzene rings is 2. The normalized spacial score (nSPS) is 18.1. The predicted octanol–water partition coefficient (Wildman–Crippen LogP) is 5.27. The summed E-state index contributed by atoms with van der Waals surface area (Å²) in [7, 11) is 1.21. The van der Waals surface area contributed by atoms with Crippen LogP contribution in [0.15, 0.2) is 58.5 Å². The molecule has 1 aromatic heterocycles. The van der Waals surface area contributed by atoms with E-state index in [2.05, 4.69) is 28.1 Å². The number of fused-ring (bicyclic) bond motifs is 1. The van der Waals surface area contributed by atoms with Crippen molar-refractivity contribution in [3.8, 4) is 6.07 Å². The highest BCUT2D eigenvalue weighted by Gasteiger charge is 2.41. The van der Waals surface area contributed by atoms with Crippen molar-refractivity contribution < 1.29 is 22.7 Å². The zero-order chi connectivity index (χ0) is 30.2. The lowest BCUT2D eigenvalue weighted by Gasteiger charge is -2.37.